The van der Waals surface area contributed by atoms with E-state index in [1.807, 2.05) is 0 Å². The summed E-state index contributed by atoms with van der Waals surface area (Å²) >= 11 is 0. The van der Waals surface area contributed by atoms with Gasteiger partial charge in [0, 0.05) is 26.7 Å². The predicted molar refractivity (Wildman–Crippen MR) is 125 cm³/mol. The molecule has 0 aromatic carbocycles. The molecule has 162 valence electrons. The van der Waals surface area contributed by atoms with Gasteiger partial charge in [-0.3, -0.25) is 19.5 Å². The van der Waals surface area contributed by atoms with E-state index in [4.69, 9.17) is 0 Å². The zero-order valence-electron chi connectivity index (χ0n) is 17.7. The highest BCUT2D eigenvalue weighted by molar-refractivity contribution is 14.0. The first-order valence-corrected chi connectivity index (χ1v) is 11.1. The highest BCUT2D eigenvalue weighted by atomic mass is 127. The minimum atomic E-state index is -0.0819. The number of hydrogen-bond acceptors (Lipinski definition) is 3. The smallest absolute Gasteiger partial charge is 0.233 e. The average Bonchev–Trinajstić information content (AvgIpc) is 3.48. The molecule has 7 heteroatoms. The molecule has 29 heavy (non-hydrogen) atoms. The second-order valence-corrected chi connectivity index (χ2v) is 9.09. The SMILES string of the molecule is CCC1(CNC(=NC)NCCCN2C(=O)C3C4C=CC(C4)C3C2=O)CCCC1.I. The molecule has 1 saturated heterocycles. The van der Waals surface area contributed by atoms with Crippen LogP contribution < -0.4 is 10.6 Å². The second-order valence-electron chi connectivity index (χ2n) is 9.09. The molecule has 2 N–H and O–H groups in total. The number of allylic oxidation sites excluding steroid dienone is 2. The molecule has 3 fully saturated rings. The van der Waals surface area contributed by atoms with E-state index >= 15 is 0 Å². The molecule has 2 bridgehead atoms. The average molecular weight is 514 g/mol. The number of fused-ring (bicyclic) bond motifs is 5. The fraction of sp³-hybridized carbons (Fsp3) is 0.773. The lowest BCUT2D eigenvalue weighted by atomic mass is 9.83. The summed E-state index contributed by atoms with van der Waals surface area (Å²) < 4.78 is 0. The summed E-state index contributed by atoms with van der Waals surface area (Å²) in [4.78, 5) is 31.3. The molecule has 4 aliphatic rings. The van der Waals surface area contributed by atoms with Gasteiger partial charge in [0.2, 0.25) is 11.8 Å². The van der Waals surface area contributed by atoms with Crippen molar-refractivity contribution in [1.29, 1.82) is 0 Å². The fourth-order valence-corrected chi connectivity index (χ4v) is 5.90. The number of nitrogens with zero attached hydrogens (tertiary/aromatic N) is 2. The maximum atomic E-state index is 12.7. The van der Waals surface area contributed by atoms with Crippen LogP contribution in [0.1, 0.15) is 51.9 Å². The van der Waals surface area contributed by atoms with Crippen LogP contribution in [0.25, 0.3) is 0 Å². The molecule has 2 saturated carbocycles. The number of rotatable bonds is 7. The molecule has 4 atom stereocenters. The third-order valence-corrected chi connectivity index (χ3v) is 7.68. The summed E-state index contributed by atoms with van der Waals surface area (Å²) in [6, 6.07) is 0. The van der Waals surface area contributed by atoms with Crippen LogP contribution in [0.2, 0.25) is 0 Å². The van der Waals surface area contributed by atoms with Gasteiger partial charge in [-0.1, -0.05) is 31.9 Å². The Balaban J connectivity index is 0.00000240. The van der Waals surface area contributed by atoms with Crippen molar-refractivity contribution in [3.8, 4) is 0 Å². The van der Waals surface area contributed by atoms with Crippen LogP contribution in [0.3, 0.4) is 0 Å². The molecule has 2 amide bonds. The number of guanidine groups is 1. The molecule has 3 aliphatic carbocycles. The standard InChI is InChI=1S/C22H34N4O2.HI/c1-3-22(9-4-5-10-22)14-25-21(23-2)24-11-6-12-26-19(27)17-15-7-8-16(13-15)18(17)20(26)28;/h7-8,15-18H,3-6,9-14H2,1-2H3,(H2,23,24,25);1H. The Bertz CT molecular complexity index is 656. The Labute approximate surface area is 191 Å². The Morgan fingerprint density at radius 1 is 1.14 bits per heavy atom. The van der Waals surface area contributed by atoms with E-state index in [0.717, 1.165) is 25.3 Å². The summed E-state index contributed by atoms with van der Waals surface area (Å²) in [5, 5.41) is 6.83. The summed E-state index contributed by atoms with van der Waals surface area (Å²) in [5.41, 5.74) is 0.414. The van der Waals surface area contributed by atoms with E-state index < -0.39 is 0 Å². The molecule has 0 radical (unpaired) electrons. The van der Waals surface area contributed by atoms with Crippen molar-refractivity contribution in [2.24, 2.45) is 34.1 Å². The first kappa shape index (κ1) is 22.6. The van der Waals surface area contributed by atoms with E-state index in [0.29, 0.717) is 30.3 Å². The summed E-state index contributed by atoms with van der Waals surface area (Å²) in [5.74, 6) is 1.35. The first-order chi connectivity index (χ1) is 13.6. The first-order valence-electron chi connectivity index (χ1n) is 11.1. The number of aliphatic imine (C=N–C) groups is 1. The normalized spacial score (nSPS) is 31.9. The maximum absolute atomic E-state index is 12.7. The third kappa shape index (κ3) is 4.21. The van der Waals surface area contributed by atoms with E-state index in [-0.39, 0.29) is 47.6 Å². The zero-order valence-corrected chi connectivity index (χ0v) is 20.0. The number of halogens is 1. The number of carbonyl (C=O) groups is 2. The molecule has 1 aliphatic heterocycles. The van der Waals surface area contributed by atoms with Crippen molar-refractivity contribution in [2.45, 2.75) is 51.9 Å². The quantitative estimate of drug-likeness (QED) is 0.137. The van der Waals surface area contributed by atoms with E-state index in [1.54, 1.807) is 7.05 Å². The minimum Gasteiger partial charge on any atom is -0.356 e. The highest BCUT2D eigenvalue weighted by Gasteiger charge is 2.58. The molecule has 0 spiro atoms. The van der Waals surface area contributed by atoms with Gasteiger partial charge in [-0.2, -0.15) is 0 Å². The van der Waals surface area contributed by atoms with Gasteiger partial charge in [0.05, 0.1) is 11.8 Å². The highest BCUT2D eigenvalue weighted by Crippen LogP contribution is 2.52. The van der Waals surface area contributed by atoms with Crippen LogP contribution in [0.4, 0.5) is 0 Å². The Hall–Kier alpha value is -1.12. The predicted octanol–water partition coefficient (Wildman–Crippen LogP) is 2.94. The van der Waals surface area contributed by atoms with Crippen LogP contribution in [0, 0.1) is 29.1 Å². The number of carbonyl (C=O) groups excluding carboxylic acids is 2. The molecule has 0 aromatic heterocycles. The van der Waals surface area contributed by atoms with Gasteiger partial charge in [-0.15, -0.1) is 24.0 Å². The van der Waals surface area contributed by atoms with E-state index in [1.165, 1.54) is 37.0 Å². The summed E-state index contributed by atoms with van der Waals surface area (Å²) in [7, 11) is 1.79. The summed E-state index contributed by atoms with van der Waals surface area (Å²) in [6.07, 6.45) is 12.5. The molecule has 4 rings (SSSR count). The van der Waals surface area contributed by atoms with Gasteiger partial charge in [-0.25, -0.2) is 0 Å². The molecule has 0 aromatic rings. The van der Waals surface area contributed by atoms with Gasteiger partial charge in [0.25, 0.3) is 0 Å². The molecule has 1 heterocycles. The van der Waals surface area contributed by atoms with Crippen LogP contribution in [0.15, 0.2) is 17.1 Å². The van der Waals surface area contributed by atoms with Crippen LogP contribution in [0.5, 0.6) is 0 Å². The van der Waals surface area contributed by atoms with Crippen LogP contribution in [-0.4, -0.2) is 49.4 Å². The number of hydrogen-bond donors (Lipinski definition) is 2. The van der Waals surface area contributed by atoms with Crippen molar-refractivity contribution < 1.29 is 9.59 Å². The molecule has 4 unspecified atom stereocenters. The zero-order chi connectivity index (χ0) is 19.7. The van der Waals surface area contributed by atoms with Gasteiger partial charge in [0.15, 0.2) is 5.96 Å². The minimum absolute atomic E-state index is 0. The number of nitrogens with one attached hydrogen (secondary N) is 2. The van der Waals surface area contributed by atoms with Crippen molar-refractivity contribution in [3.63, 3.8) is 0 Å². The molecular weight excluding hydrogens is 479 g/mol. The summed E-state index contributed by atoms with van der Waals surface area (Å²) in [6.45, 7) is 4.46. The molecule has 6 nitrogen and oxygen atoms in total. The monoisotopic (exact) mass is 514 g/mol. The number of imide groups is 1. The Morgan fingerprint density at radius 3 is 2.31 bits per heavy atom. The molecular formula is C22H35IN4O2. The van der Waals surface area contributed by atoms with Crippen molar-refractivity contribution >= 4 is 41.8 Å². The Morgan fingerprint density at radius 2 is 1.76 bits per heavy atom. The van der Waals surface area contributed by atoms with E-state index in [9.17, 15) is 9.59 Å². The lowest BCUT2D eigenvalue weighted by molar-refractivity contribution is -0.140. The largest absolute Gasteiger partial charge is 0.356 e. The van der Waals surface area contributed by atoms with Crippen LogP contribution in [-0.2, 0) is 9.59 Å². The number of likely N-dealkylation sites (tertiary alicyclic amines) is 1. The van der Waals surface area contributed by atoms with Crippen molar-refractivity contribution in [1.82, 2.24) is 15.5 Å². The number of amides is 2. The van der Waals surface area contributed by atoms with Gasteiger partial charge >= 0.3 is 0 Å². The van der Waals surface area contributed by atoms with Gasteiger partial charge in [0.1, 0.15) is 0 Å². The topological polar surface area (TPSA) is 73.8 Å². The third-order valence-electron chi connectivity index (χ3n) is 7.68. The fourth-order valence-electron chi connectivity index (χ4n) is 5.90. The Kier molecular flexibility index (Phi) is 7.27. The van der Waals surface area contributed by atoms with E-state index in [2.05, 4.69) is 34.7 Å². The van der Waals surface area contributed by atoms with Gasteiger partial charge < -0.3 is 10.6 Å². The lowest BCUT2D eigenvalue weighted by Crippen LogP contribution is -2.43. The lowest BCUT2D eigenvalue weighted by Gasteiger charge is -2.28. The van der Waals surface area contributed by atoms with Crippen molar-refractivity contribution in [3.05, 3.63) is 12.2 Å². The van der Waals surface area contributed by atoms with Crippen LogP contribution >= 0.6 is 24.0 Å². The van der Waals surface area contributed by atoms with Crippen molar-refractivity contribution in [2.75, 3.05) is 26.7 Å². The van der Waals surface area contributed by atoms with Gasteiger partial charge in [-0.05, 0) is 49.4 Å². The second kappa shape index (κ2) is 9.35. The maximum Gasteiger partial charge on any atom is 0.233 e.